The van der Waals surface area contributed by atoms with Crippen LogP contribution in [0, 0.1) is 12.3 Å². The number of carbonyl (C=O) groups is 1. The van der Waals surface area contributed by atoms with Crippen LogP contribution >= 0.6 is 12.4 Å². The van der Waals surface area contributed by atoms with Gasteiger partial charge in [0.25, 0.3) is 11.5 Å². The second kappa shape index (κ2) is 7.45. The molecule has 0 spiro atoms. The summed E-state index contributed by atoms with van der Waals surface area (Å²) in [4.78, 5) is 33.5. The molecule has 0 radical (unpaired) electrons. The highest BCUT2D eigenvalue weighted by Gasteiger charge is 2.26. The van der Waals surface area contributed by atoms with Crippen LogP contribution in [0.25, 0.3) is 0 Å². The molecule has 1 amide bonds. The van der Waals surface area contributed by atoms with Crippen LogP contribution in [0.15, 0.2) is 4.79 Å². The molecule has 6 nitrogen and oxygen atoms in total. The minimum absolute atomic E-state index is 0. The fraction of sp³-hybridized carbons (Fsp3) is 0.688. The molecular formula is C16H29ClN4O2. The van der Waals surface area contributed by atoms with Crippen molar-refractivity contribution in [1.29, 1.82) is 0 Å². The van der Waals surface area contributed by atoms with E-state index in [-0.39, 0.29) is 40.3 Å². The summed E-state index contributed by atoms with van der Waals surface area (Å²) in [5.41, 5.74) is 5.39. The van der Waals surface area contributed by atoms with Crippen molar-refractivity contribution in [1.82, 2.24) is 14.9 Å². The molecular weight excluding hydrogens is 316 g/mol. The molecule has 0 aliphatic heterocycles. The summed E-state index contributed by atoms with van der Waals surface area (Å²) in [6.45, 7) is 12.5. The average molecular weight is 345 g/mol. The lowest BCUT2D eigenvalue weighted by Gasteiger charge is -2.29. The quantitative estimate of drug-likeness (QED) is 0.871. The minimum Gasteiger partial charge on any atom is -0.341 e. The number of carbonyl (C=O) groups excluding carboxylic acids is 1. The molecule has 0 aromatic carbocycles. The van der Waals surface area contributed by atoms with Crippen LogP contribution in [0.5, 0.6) is 0 Å². The van der Waals surface area contributed by atoms with Crippen LogP contribution in [-0.2, 0) is 5.41 Å². The van der Waals surface area contributed by atoms with E-state index in [9.17, 15) is 9.59 Å². The Morgan fingerprint density at radius 2 is 1.78 bits per heavy atom. The van der Waals surface area contributed by atoms with Gasteiger partial charge in [-0.3, -0.25) is 9.59 Å². The molecule has 3 N–H and O–H groups in total. The third-order valence-corrected chi connectivity index (χ3v) is 3.59. The van der Waals surface area contributed by atoms with E-state index in [1.54, 1.807) is 14.0 Å². The van der Waals surface area contributed by atoms with Gasteiger partial charge in [-0.2, -0.15) is 0 Å². The Morgan fingerprint density at radius 3 is 2.17 bits per heavy atom. The van der Waals surface area contributed by atoms with Crippen molar-refractivity contribution >= 4 is 18.3 Å². The summed E-state index contributed by atoms with van der Waals surface area (Å²) in [7, 11) is 1.68. The van der Waals surface area contributed by atoms with Gasteiger partial charge in [-0.1, -0.05) is 34.6 Å². The third kappa shape index (κ3) is 5.32. The molecule has 0 fully saturated rings. The molecule has 1 heterocycles. The van der Waals surface area contributed by atoms with Gasteiger partial charge in [0.15, 0.2) is 0 Å². The molecule has 0 saturated heterocycles. The van der Waals surface area contributed by atoms with Crippen LogP contribution < -0.4 is 11.3 Å². The van der Waals surface area contributed by atoms with E-state index in [1.807, 2.05) is 34.6 Å². The van der Waals surface area contributed by atoms with Crippen molar-refractivity contribution in [3.8, 4) is 0 Å². The molecule has 132 valence electrons. The lowest BCUT2D eigenvalue weighted by atomic mass is 9.93. The average Bonchev–Trinajstić information content (AvgIpc) is 2.36. The Morgan fingerprint density at radius 1 is 1.26 bits per heavy atom. The number of nitrogens with zero attached hydrogens (tertiary/aromatic N) is 2. The number of halogens is 1. The monoisotopic (exact) mass is 344 g/mol. The first-order chi connectivity index (χ1) is 9.89. The lowest BCUT2D eigenvalue weighted by molar-refractivity contribution is 0.0737. The maximum Gasteiger partial charge on any atom is 0.264 e. The van der Waals surface area contributed by atoms with Crippen LogP contribution in [0.1, 0.15) is 56.5 Å². The first-order valence-electron chi connectivity index (χ1n) is 7.46. The topological polar surface area (TPSA) is 92.1 Å². The summed E-state index contributed by atoms with van der Waals surface area (Å²) < 4.78 is 0. The zero-order valence-corrected chi connectivity index (χ0v) is 15.9. The Bertz CT molecular complexity index is 617. The maximum absolute atomic E-state index is 12.6. The number of hydrogen-bond donors (Lipinski definition) is 2. The van der Waals surface area contributed by atoms with Crippen LogP contribution in [0.4, 0.5) is 0 Å². The Labute approximate surface area is 144 Å². The van der Waals surface area contributed by atoms with Gasteiger partial charge in [0.05, 0.1) is 5.69 Å². The predicted molar refractivity (Wildman–Crippen MR) is 95.3 cm³/mol. The number of aryl methyl sites for hydroxylation is 1. The van der Waals surface area contributed by atoms with Crippen molar-refractivity contribution in [2.75, 3.05) is 20.1 Å². The summed E-state index contributed by atoms with van der Waals surface area (Å²) in [6.07, 6.45) is 0. The lowest BCUT2D eigenvalue weighted by Crippen LogP contribution is -2.42. The number of H-pyrrole nitrogens is 1. The summed E-state index contributed by atoms with van der Waals surface area (Å²) in [5.74, 6) is 0.254. The fourth-order valence-electron chi connectivity index (χ4n) is 2.16. The van der Waals surface area contributed by atoms with E-state index in [0.717, 1.165) is 0 Å². The molecule has 0 saturated carbocycles. The highest BCUT2D eigenvalue weighted by molar-refractivity contribution is 5.94. The van der Waals surface area contributed by atoms with Crippen LogP contribution in [0.2, 0.25) is 0 Å². The molecule has 0 bridgehead atoms. The molecule has 0 aliphatic carbocycles. The van der Waals surface area contributed by atoms with Crippen molar-refractivity contribution in [2.45, 2.75) is 47.0 Å². The highest BCUT2D eigenvalue weighted by Crippen LogP contribution is 2.19. The first kappa shape index (κ1) is 21.6. The normalized spacial score (nSPS) is 11.8. The van der Waals surface area contributed by atoms with Crippen molar-refractivity contribution < 1.29 is 4.79 Å². The zero-order chi connectivity index (χ0) is 17.3. The number of aromatic nitrogens is 2. The summed E-state index contributed by atoms with van der Waals surface area (Å²) in [5, 5.41) is 0. The molecule has 1 aromatic heterocycles. The smallest absolute Gasteiger partial charge is 0.264 e. The van der Waals surface area contributed by atoms with Gasteiger partial charge in [0.2, 0.25) is 0 Å². The standard InChI is InChI=1S/C16H28N4O2.ClH/c1-10-11(12(21)19-14(18-10)15(2,3)4)13(22)20(7)9-16(5,6)8-17;/h8-9,17H2,1-7H3,(H,18,19,21);1H. The number of hydrogen-bond acceptors (Lipinski definition) is 4. The Balaban J connectivity index is 0.00000484. The second-order valence-electron chi connectivity index (χ2n) is 7.65. The van der Waals surface area contributed by atoms with Gasteiger partial charge in [-0.25, -0.2) is 4.98 Å². The van der Waals surface area contributed by atoms with Crippen LogP contribution in [0.3, 0.4) is 0 Å². The Hall–Kier alpha value is -1.40. The molecule has 0 unspecified atom stereocenters. The summed E-state index contributed by atoms with van der Waals surface area (Å²) in [6, 6.07) is 0. The first-order valence-corrected chi connectivity index (χ1v) is 7.46. The maximum atomic E-state index is 12.6. The minimum atomic E-state index is -0.389. The molecule has 23 heavy (non-hydrogen) atoms. The third-order valence-electron chi connectivity index (χ3n) is 3.59. The van der Waals surface area contributed by atoms with E-state index in [1.165, 1.54) is 4.90 Å². The fourth-order valence-corrected chi connectivity index (χ4v) is 2.16. The number of rotatable bonds is 4. The van der Waals surface area contributed by atoms with E-state index in [2.05, 4.69) is 9.97 Å². The van der Waals surface area contributed by atoms with Gasteiger partial charge < -0.3 is 15.6 Å². The van der Waals surface area contributed by atoms with E-state index in [4.69, 9.17) is 5.73 Å². The van der Waals surface area contributed by atoms with Crippen molar-refractivity contribution in [3.63, 3.8) is 0 Å². The molecule has 0 atom stereocenters. The van der Waals surface area contributed by atoms with E-state index < -0.39 is 0 Å². The van der Waals surface area contributed by atoms with Gasteiger partial charge in [-0.15, -0.1) is 12.4 Å². The number of aromatic amines is 1. The summed E-state index contributed by atoms with van der Waals surface area (Å²) >= 11 is 0. The molecule has 0 aliphatic rings. The molecule has 1 aromatic rings. The van der Waals surface area contributed by atoms with Gasteiger partial charge >= 0.3 is 0 Å². The largest absolute Gasteiger partial charge is 0.341 e. The SMILES string of the molecule is Cc1nc(C(C)(C)C)[nH]c(=O)c1C(=O)N(C)CC(C)(C)CN.Cl. The van der Waals surface area contributed by atoms with E-state index >= 15 is 0 Å². The predicted octanol–water partition coefficient (Wildman–Crippen LogP) is 1.85. The van der Waals surface area contributed by atoms with Gasteiger partial charge in [-0.05, 0) is 18.9 Å². The molecule has 1 rings (SSSR count). The number of amides is 1. The van der Waals surface area contributed by atoms with Crippen LogP contribution in [-0.4, -0.2) is 40.9 Å². The van der Waals surface area contributed by atoms with Crippen molar-refractivity contribution in [3.05, 3.63) is 27.4 Å². The highest BCUT2D eigenvalue weighted by atomic mass is 35.5. The Kier molecular flexibility index (Phi) is 6.99. The van der Waals surface area contributed by atoms with E-state index in [0.29, 0.717) is 24.6 Å². The van der Waals surface area contributed by atoms with Gasteiger partial charge in [0.1, 0.15) is 11.4 Å². The molecule has 7 heteroatoms. The zero-order valence-electron chi connectivity index (χ0n) is 15.1. The van der Waals surface area contributed by atoms with Gasteiger partial charge in [0, 0.05) is 19.0 Å². The second-order valence-corrected chi connectivity index (χ2v) is 7.65. The number of nitrogens with one attached hydrogen (secondary N) is 1. The van der Waals surface area contributed by atoms with Crippen molar-refractivity contribution in [2.24, 2.45) is 11.1 Å². The number of nitrogens with two attached hydrogens (primary N) is 1.